The van der Waals surface area contributed by atoms with Gasteiger partial charge in [0, 0.05) is 5.56 Å². The number of rotatable bonds is 1. The second-order valence-electron chi connectivity index (χ2n) is 2.11. The number of nitrogens with zero attached hydrogens (tertiary/aromatic N) is 2. The molecule has 0 saturated heterocycles. The van der Waals surface area contributed by atoms with Crippen LogP contribution >= 0.6 is 50.7 Å². The highest BCUT2D eigenvalue weighted by atomic mass is 79.9. The third kappa shape index (κ3) is 2.08. The van der Waals surface area contributed by atoms with E-state index >= 15 is 0 Å². The zero-order valence-corrected chi connectivity index (χ0v) is 9.97. The summed E-state index contributed by atoms with van der Waals surface area (Å²) < 4.78 is 0.519. The molecule has 0 aromatic carbocycles. The van der Waals surface area contributed by atoms with Gasteiger partial charge in [-0.05, 0) is 15.9 Å². The lowest BCUT2D eigenvalue weighted by molar-refractivity contribution is 1.21. The molecule has 0 N–H and O–H groups in total. The monoisotopic (exact) mass is 298 g/mol. The van der Waals surface area contributed by atoms with Gasteiger partial charge in [-0.3, -0.25) is 0 Å². The van der Waals surface area contributed by atoms with E-state index in [1.165, 1.54) is 0 Å². The van der Waals surface area contributed by atoms with Crippen LogP contribution in [0, 0.1) is 11.3 Å². The molecule has 0 spiro atoms. The maximum Gasteiger partial charge on any atom is 0.148 e. The first kappa shape index (κ1) is 11.1. The van der Waals surface area contributed by atoms with Crippen molar-refractivity contribution in [1.29, 1.82) is 5.26 Å². The molecule has 1 aromatic heterocycles. The van der Waals surface area contributed by atoms with E-state index in [2.05, 4.69) is 20.9 Å². The summed E-state index contributed by atoms with van der Waals surface area (Å²) in [6.45, 7) is 0. The first-order valence-electron chi connectivity index (χ1n) is 3.11. The molecule has 1 aromatic rings. The van der Waals surface area contributed by atoms with E-state index in [0.717, 1.165) is 0 Å². The Balaban J connectivity index is 3.53. The lowest BCUT2D eigenvalue weighted by Crippen LogP contribution is -1.94. The molecule has 0 bridgehead atoms. The van der Waals surface area contributed by atoms with E-state index in [-0.39, 0.29) is 21.7 Å². The maximum absolute atomic E-state index is 8.75. The van der Waals surface area contributed by atoms with Gasteiger partial charge in [-0.15, -0.1) is 11.6 Å². The van der Waals surface area contributed by atoms with Crippen LogP contribution in [0.4, 0.5) is 0 Å². The molecule has 0 radical (unpaired) electrons. The minimum atomic E-state index is 0.0753. The van der Waals surface area contributed by atoms with Crippen molar-refractivity contribution >= 4 is 50.7 Å². The molecule has 68 valence electrons. The van der Waals surface area contributed by atoms with Gasteiger partial charge in [-0.1, -0.05) is 23.2 Å². The number of aromatic nitrogens is 1. The van der Waals surface area contributed by atoms with Crippen LogP contribution < -0.4 is 0 Å². The van der Waals surface area contributed by atoms with Crippen LogP contribution in [0.15, 0.2) is 4.47 Å². The summed E-state index contributed by atoms with van der Waals surface area (Å²) in [5.74, 6) is 0.158. The van der Waals surface area contributed by atoms with Gasteiger partial charge in [0.25, 0.3) is 0 Å². The van der Waals surface area contributed by atoms with Crippen LogP contribution in [0.1, 0.15) is 11.1 Å². The number of hydrogen-bond donors (Lipinski definition) is 0. The number of nitriles is 1. The fraction of sp³-hybridized carbons (Fsp3) is 0.143. The van der Waals surface area contributed by atoms with Gasteiger partial charge in [0.1, 0.15) is 16.4 Å². The van der Waals surface area contributed by atoms with E-state index in [0.29, 0.717) is 10.0 Å². The predicted octanol–water partition coefficient (Wildman–Crippen LogP) is 3.76. The zero-order valence-electron chi connectivity index (χ0n) is 6.11. The molecule has 1 rings (SSSR count). The summed E-state index contributed by atoms with van der Waals surface area (Å²) in [7, 11) is 0. The largest absolute Gasteiger partial charge is 0.222 e. The Morgan fingerprint density at radius 1 is 1.38 bits per heavy atom. The molecular formula is C7H2BrCl3N2. The normalized spacial score (nSPS) is 9.77. The van der Waals surface area contributed by atoms with Gasteiger partial charge in [0.2, 0.25) is 0 Å². The third-order valence-corrected chi connectivity index (χ3v) is 3.29. The molecule has 0 unspecified atom stereocenters. The summed E-state index contributed by atoms with van der Waals surface area (Å²) in [6.07, 6.45) is 0. The van der Waals surface area contributed by atoms with E-state index in [1.54, 1.807) is 0 Å². The van der Waals surface area contributed by atoms with Crippen molar-refractivity contribution < 1.29 is 0 Å². The quantitative estimate of drug-likeness (QED) is 0.585. The predicted molar refractivity (Wildman–Crippen MR) is 56.2 cm³/mol. The number of halogens is 4. The highest BCUT2D eigenvalue weighted by Crippen LogP contribution is 2.31. The highest BCUT2D eigenvalue weighted by molar-refractivity contribution is 9.10. The zero-order chi connectivity index (χ0) is 10.0. The molecule has 0 amide bonds. The molecule has 0 aliphatic carbocycles. The summed E-state index contributed by atoms with van der Waals surface area (Å²) in [5.41, 5.74) is 0.821. The van der Waals surface area contributed by atoms with E-state index < -0.39 is 0 Å². The Morgan fingerprint density at radius 3 is 2.46 bits per heavy atom. The lowest BCUT2D eigenvalue weighted by atomic mass is 10.2. The van der Waals surface area contributed by atoms with Gasteiger partial charge < -0.3 is 0 Å². The van der Waals surface area contributed by atoms with E-state index in [4.69, 9.17) is 40.1 Å². The first-order valence-corrected chi connectivity index (χ1v) is 5.19. The molecule has 0 aliphatic rings. The molecule has 0 aliphatic heterocycles. The van der Waals surface area contributed by atoms with Crippen LogP contribution in [0.25, 0.3) is 0 Å². The number of hydrogen-bond acceptors (Lipinski definition) is 2. The van der Waals surface area contributed by atoms with Crippen LogP contribution in [-0.4, -0.2) is 4.98 Å². The van der Waals surface area contributed by atoms with Crippen LogP contribution in [0.5, 0.6) is 0 Å². The molecule has 1 heterocycles. The van der Waals surface area contributed by atoms with Crippen molar-refractivity contribution in [2.75, 3.05) is 0 Å². The fourth-order valence-corrected chi connectivity index (χ4v) is 2.13. The topological polar surface area (TPSA) is 36.7 Å². The first-order chi connectivity index (χ1) is 6.11. The minimum absolute atomic E-state index is 0.0753. The van der Waals surface area contributed by atoms with Gasteiger partial charge in [-0.25, -0.2) is 4.98 Å². The van der Waals surface area contributed by atoms with Crippen LogP contribution in [-0.2, 0) is 5.88 Å². The maximum atomic E-state index is 8.75. The number of pyridine rings is 1. The van der Waals surface area contributed by atoms with Crippen LogP contribution in [0.2, 0.25) is 10.3 Å². The number of alkyl halides is 1. The molecular weight excluding hydrogens is 298 g/mol. The van der Waals surface area contributed by atoms with E-state index in [9.17, 15) is 0 Å². The Bertz CT molecular complexity index is 386. The summed E-state index contributed by atoms with van der Waals surface area (Å²) in [5, 5.41) is 9.03. The Kier molecular flexibility index (Phi) is 3.81. The lowest BCUT2D eigenvalue weighted by Gasteiger charge is -2.05. The van der Waals surface area contributed by atoms with Crippen molar-refractivity contribution in [3.8, 4) is 6.07 Å². The van der Waals surface area contributed by atoms with E-state index in [1.807, 2.05) is 6.07 Å². The molecule has 13 heavy (non-hydrogen) atoms. The van der Waals surface area contributed by atoms with Crippen LogP contribution in [0.3, 0.4) is 0 Å². The van der Waals surface area contributed by atoms with Crippen molar-refractivity contribution in [2.24, 2.45) is 0 Å². The van der Waals surface area contributed by atoms with Crippen molar-refractivity contribution in [1.82, 2.24) is 4.98 Å². The SMILES string of the molecule is N#Cc1c(Cl)nc(Cl)c(Br)c1CCl. The van der Waals surface area contributed by atoms with Gasteiger partial charge in [0.05, 0.1) is 15.9 Å². The Morgan fingerprint density at radius 2 is 2.00 bits per heavy atom. The van der Waals surface area contributed by atoms with Crippen molar-refractivity contribution in [3.05, 3.63) is 25.9 Å². The Hall–Kier alpha value is -0.0100. The van der Waals surface area contributed by atoms with Gasteiger partial charge in [-0.2, -0.15) is 5.26 Å². The molecule has 0 fully saturated rings. The molecule has 0 atom stereocenters. The smallest absolute Gasteiger partial charge is 0.148 e. The summed E-state index contributed by atoms with van der Waals surface area (Å²) >= 11 is 20.2. The molecule has 2 nitrogen and oxygen atoms in total. The molecule has 0 saturated carbocycles. The average molecular weight is 300 g/mol. The fourth-order valence-electron chi connectivity index (χ4n) is 0.789. The van der Waals surface area contributed by atoms with Crippen molar-refractivity contribution in [3.63, 3.8) is 0 Å². The van der Waals surface area contributed by atoms with Gasteiger partial charge in [0.15, 0.2) is 0 Å². The minimum Gasteiger partial charge on any atom is -0.222 e. The summed E-state index contributed by atoms with van der Waals surface area (Å²) in [4.78, 5) is 3.76. The van der Waals surface area contributed by atoms with Crippen molar-refractivity contribution in [2.45, 2.75) is 5.88 Å². The second-order valence-corrected chi connectivity index (χ2v) is 3.88. The standard InChI is InChI=1S/C7H2BrCl3N2/c8-5-3(1-9)4(2-12)6(10)13-7(5)11/h1H2. The highest BCUT2D eigenvalue weighted by Gasteiger charge is 2.14. The second kappa shape index (κ2) is 4.47. The third-order valence-electron chi connectivity index (χ3n) is 1.40. The average Bonchev–Trinajstić information content (AvgIpc) is 2.10. The molecule has 6 heteroatoms. The van der Waals surface area contributed by atoms with Gasteiger partial charge >= 0.3 is 0 Å². The Labute approximate surface area is 98.6 Å². The summed E-state index contributed by atoms with van der Waals surface area (Å²) in [6, 6.07) is 1.92.